The highest BCUT2D eigenvalue weighted by Crippen LogP contribution is 2.30. The van der Waals surface area contributed by atoms with E-state index in [-0.39, 0.29) is 18.3 Å². The molecule has 0 aliphatic rings. The van der Waals surface area contributed by atoms with Gasteiger partial charge in [-0.3, -0.25) is 0 Å². The van der Waals surface area contributed by atoms with Crippen molar-refractivity contribution < 1.29 is 26.8 Å². The Kier molecular flexibility index (Phi) is 5.98. The van der Waals surface area contributed by atoms with Crippen molar-refractivity contribution in [2.24, 2.45) is 0 Å². The topological polar surface area (TPSA) is 38.7 Å². The zero-order chi connectivity index (χ0) is 16.3. The molecule has 0 heterocycles. The largest absolute Gasteiger partial charge is 0.503 e. The molecule has 1 aromatic carbocycles. The lowest BCUT2D eigenvalue weighted by atomic mass is 10.1. The second-order valence-corrected chi connectivity index (χ2v) is 7.67. The van der Waals surface area contributed by atoms with E-state index in [2.05, 4.69) is 0 Å². The lowest BCUT2D eigenvalue weighted by Gasteiger charge is -2.28. The average Bonchev–Trinajstić information content (AvgIpc) is 2.24. The standard InChI is InChI=1S/C14H21F3O3Si/c1-10(2)19-21(18,20-11(3)4)9-12-6-5-7-13(8-12)14(15,16)17/h5-8,10-11,18H,9H2,1-4H3. The Labute approximate surface area is 124 Å². The minimum Gasteiger partial charge on any atom is -0.389 e. The molecule has 1 N–H and O–H groups in total. The predicted molar refractivity (Wildman–Crippen MR) is 75.6 cm³/mol. The summed E-state index contributed by atoms with van der Waals surface area (Å²) in [4.78, 5) is 10.5. The van der Waals surface area contributed by atoms with E-state index in [1.165, 1.54) is 12.1 Å². The maximum atomic E-state index is 12.7. The number of hydrogen-bond acceptors (Lipinski definition) is 3. The summed E-state index contributed by atoms with van der Waals surface area (Å²) in [6.07, 6.45) is -4.95. The van der Waals surface area contributed by atoms with Gasteiger partial charge in [0.05, 0.1) is 5.56 Å². The Morgan fingerprint density at radius 3 is 2.05 bits per heavy atom. The normalized spacial score (nSPS) is 13.2. The van der Waals surface area contributed by atoms with Crippen LogP contribution in [0.4, 0.5) is 13.2 Å². The molecule has 0 atom stereocenters. The summed E-state index contributed by atoms with van der Waals surface area (Å²) in [5.74, 6) is 0. The molecule has 0 aromatic heterocycles. The maximum absolute atomic E-state index is 12.7. The van der Waals surface area contributed by atoms with Gasteiger partial charge in [-0.15, -0.1) is 0 Å². The lowest BCUT2D eigenvalue weighted by Crippen LogP contribution is -2.49. The van der Waals surface area contributed by atoms with Crippen LogP contribution in [0.3, 0.4) is 0 Å². The van der Waals surface area contributed by atoms with Gasteiger partial charge in [-0.2, -0.15) is 13.2 Å². The fraction of sp³-hybridized carbons (Fsp3) is 0.571. The van der Waals surface area contributed by atoms with Crippen LogP contribution in [-0.2, 0) is 21.1 Å². The van der Waals surface area contributed by atoms with Crippen LogP contribution in [0.15, 0.2) is 24.3 Å². The molecule has 0 aliphatic carbocycles. The third kappa shape index (κ3) is 6.17. The fourth-order valence-electron chi connectivity index (χ4n) is 1.96. The first-order chi connectivity index (χ1) is 9.52. The molecule has 0 fully saturated rings. The number of rotatable bonds is 6. The zero-order valence-corrected chi connectivity index (χ0v) is 13.6. The van der Waals surface area contributed by atoms with Crippen molar-refractivity contribution in [1.82, 2.24) is 0 Å². The van der Waals surface area contributed by atoms with E-state index in [0.29, 0.717) is 5.56 Å². The van der Waals surface area contributed by atoms with Crippen LogP contribution >= 0.6 is 0 Å². The van der Waals surface area contributed by atoms with Gasteiger partial charge in [-0.05, 0) is 39.3 Å². The number of halogens is 3. The smallest absolute Gasteiger partial charge is 0.389 e. The van der Waals surface area contributed by atoms with Gasteiger partial charge < -0.3 is 13.6 Å². The van der Waals surface area contributed by atoms with Gasteiger partial charge in [0.25, 0.3) is 0 Å². The molecule has 1 rings (SSSR count). The van der Waals surface area contributed by atoms with E-state index in [4.69, 9.17) is 8.85 Å². The first-order valence-electron chi connectivity index (χ1n) is 6.76. The van der Waals surface area contributed by atoms with Crippen molar-refractivity contribution in [3.8, 4) is 0 Å². The zero-order valence-electron chi connectivity index (χ0n) is 12.6. The van der Waals surface area contributed by atoms with Gasteiger partial charge in [0.1, 0.15) is 0 Å². The van der Waals surface area contributed by atoms with E-state index in [1.807, 2.05) is 0 Å². The van der Waals surface area contributed by atoms with Gasteiger partial charge in [0, 0.05) is 18.3 Å². The van der Waals surface area contributed by atoms with E-state index in [1.54, 1.807) is 27.7 Å². The average molecular weight is 322 g/mol. The summed E-state index contributed by atoms with van der Waals surface area (Å²) in [5, 5.41) is 0. The molecule has 21 heavy (non-hydrogen) atoms. The summed E-state index contributed by atoms with van der Waals surface area (Å²) in [5.41, 5.74) is -0.397. The van der Waals surface area contributed by atoms with E-state index in [0.717, 1.165) is 12.1 Å². The van der Waals surface area contributed by atoms with Crippen molar-refractivity contribution in [3.63, 3.8) is 0 Å². The van der Waals surface area contributed by atoms with Crippen LogP contribution in [0.2, 0.25) is 0 Å². The Balaban J connectivity index is 2.98. The summed E-state index contributed by atoms with van der Waals surface area (Å²) >= 11 is 0. The van der Waals surface area contributed by atoms with Crippen LogP contribution in [0, 0.1) is 0 Å². The van der Waals surface area contributed by atoms with Crippen molar-refractivity contribution in [1.29, 1.82) is 0 Å². The molecule has 0 aliphatic heterocycles. The molecule has 0 radical (unpaired) electrons. The third-order valence-electron chi connectivity index (χ3n) is 2.52. The maximum Gasteiger partial charge on any atom is 0.503 e. The van der Waals surface area contributed by atoms with Crippen molar-refractivity contribution in [2.45, 2.75) is 52.1 Å². The first kappa shape index (κ1) is 18.2. The molecular formula is C14H21F3O3Si. The van der Waals surface area contributed by atoms with Crippen molar-refractivity contribution in [2.75, 3.05) is 0 Å². The molecule has 0 unspecified atom stereocenters. The fourth-order valence-corrected chi connectivity index (χ4v) is 4.39. The van der Waals surface area contributed by atoms with Crippen LogP contribution in [0.25, 0.3) is 0 Å². The molecule has 0 amide bonds. The van der Waals surface area contributed by atoms with Gasteiger partial charge in [-0.1, -0.05) is 18.2 Å². The van der Waals surface area contributed by atoms with Crippen molar-refractivity contribution >= 4 is 8.80 Å². The van der Waals surface area contributed by atoms with Crippen LogP contribution in [-0.4, -0.2) is 25.8 Å². The Bertz CT molecular complexity index is 451. The first-order valence-corrected chi connectivity index (χ1v) is 8.73. The van der Waals surface area contributed by atoms with Crippen LogP contribution in [0.5, 0.6) is 0 Å². The molecule has 7 heteroatoms. The highest BCUT2D eigenvalue weighted by atomic mass is 28.4. The molecule has 0 spiro atoms. The molecule has 0 saturated heterocycles. The van der Waals surface area contributed by atoms with Gasteiger partial charge in [0.15, 0.2) is 0 Å². The molecule has 1 aromatic rings. The Morgan fingerprint density at radius 2 is 1.62 bits per heavy atom. The van der Waals surface area contributed by atoms with E-state index in [9.17, 15) is 18.0 Å². The highest BCUT2D eigenvalue weighted by Gasteiger charge is 2.40. The van der Waals surface area contributed by atoms with Crippen LogP contribution < -0.4 is 0 Å². The third-order valence-corrected chi connectivity index (χ3v) is 5.06. The summed E-state index contributed by atoms with van der Waals surface area (Å²) < 4.78 is 49.1. The molecule has 0 bridgehead atoms. The second kappa shape index (κ2) is 6.91. The van der Waals surface area contributed by atoms with E-state index < -0.39 is 20.5 Å². The summed E-state index contributed by atoms with van der Waals surface area (Å²) in [6, 6.07) is 4.81. The minimum absolute atomic E-state index is 0.0483. The van der Waals surface area contributed by atoms with E-state index >= 15 is 0 Å². The summed E-state index contributed by atoms with van der Waals surface area (Å²) in [7, 11) is -3.57. The molecule has 3 nitrogen and oxygen atoms in total. The Hall–Kier alpha value is -0.893. The summed E-state index contributed by atoms with van der Waals surface area (Å²) in [6.45, 7) is 6.98. The van der Waals surface area contributed by atoms with Gasteiger partial charge in [0.2, 0.25) is 0 Å². The highest BCUT2D eigenvalue weighted by molar-refractivity contribution is 6.58. The van der Waals surface area contributed by atoms with Crippen molar-refractivity contribution in [3.05, 3.63) is 35.4 Å². The molecule has 0 saturated carbocycles. The SMILES string of the molecule is CC(C)O[Si](O)(Cc1cccc(C(F)(F)F)c1)OC(C)C. The number of benzene rings is 1. The molecule has 120 valence electrons. The molecular weight excluding hydrogens is 301 g/mol. The predicted octanol–water partition coefficient (Wildman–Crippen LogP) is 3.57. The van der Waals surface area contributed by atoms with Gasteiger partial charge >= 0.3 is 15.0 Å². The Morgan fingerprint density at radius 1 is 1.10 bits per heavy atom. The quantitative estimate of drug-likeness (QED) is 0.814. The van der Waals surface area contributed by atoms with Gasteiger partial charge in [-0.25, -0.2) is 0 Å². The van der Waals surface area contributed by atoms with Crippen LogP contribution in [0.1, 0.15) is 38.8 Å². The lowest BCUT2D eigenvalue weighted by molar-refractivity contribution is -0.137. The number of hydrogen-bond donors (Lipinski definition) is 1. The minimum atomic E-state index is -4.41. The second-order valence-electron chi connectivity index (χ2n) is 5.42. The number of alkyl halides is 3. The monoisotopic (exact) mass is 322 g/mol.